The summed E-state index contributed by atoms with van der Waals surface area (Å²) >= 11 is 0. The summed E-state index contributed by atoms with van der Waals surface area (Å²) in [5, 5.41) is 14.0. The molecule has 0 aliphatic carbocycles. The summed E-state index contributed by atoms with van der Waals surface area (Å²) < 4.78 is 0. The fourth-order valence-electron chi connectivity index (χ4n) is 1.03. The first-order valence-corrected chi connectivity index (χ1v) is 3.59. The molecule has 0 fully saturated rings. The molecule has 1 aliphatic rings. The highest BCUT2D eigenvalue weighted by molar-refractivity contribution is 5.90. The van der Waals surface area contributed by atoms with Crippen LogP contribution < -0.4 is 0 Å². The quantitative estimate of drug-likeness (QED) is 0.558. The maximum absolute atomic E-state index is 11.2. The first-order chi connectivity index (χ1) is 5.04. The van der Waals surface area contributed by atoms with Gasteiger partial charge in [-0.25, -0.2) is 5.01 Å². The molecule has 11 heavy (non-hydrogen) atoms. The topological polar surface area (TPSA) is 52.9 Å². The molecular formula is C7H12N2O2. The second-order valence-corrected chi connectivity index (χ2v) is 2.90. The first-order valence-electron chi connectivity index (χ1n) is 3.59. The largest absolute Gasteiger partial charge is 0.495 e. The molecule has 0 aromatic rings. The maximum Gasteiger partial charge on any atom is 0.246 e. The Kier molecular flexibility index (Phi) is 1.85. The Morgan fingerprint density at radius 2 is 2.00 bits per heavy atom. The predicted molar refractivity (Wildman–Crippen MR) is 41.2 cm³/mol. The minimum absolute atomic E-state index is 0.0413. The van der Waals surface area contributed by atoms with Crippen LogP contribution in [0.4, 0.5) is 0 Å². The smallest absolute Gasteiger partial charge is 0.246 e. The van der Waals surface area contributed by atoms with Crippen molar-refractivity contribution in [3.8, 4) is 0 Å². The summed E-state index contributed by atoms with van der Waals surface area (Å²) in [4.78, 5) is 11.2. The zero-order valence-electron chi connectivity index (χ0n) is 6.90. The highest BCUT2D eigenvalue weighted by Gasteiger charge is 2.31. The van der Waals surface area contributed by atoms with Gasteiger partial charge in [0.1, 0.15) is 0 Å². The van der Waals surface area contributed by atoms with Crippen molar-refractivity contribution >= 4 is 11.8 Å². The molecule has 1 N–H and O–H groups in total. The van der Waals surface area contributed by atoms with Gasteiger partial charge < -0.3 is 5.11 Å². The molecule has 0 aromatic heterocycles. The Bertz CT molecular complexity index is 212. The predicted octanol–water partition coefficient (Wildman–Crippen LogP) is 0.602. The Labute approximate surface area is 65.5 Å². The molecule has 2 atom stereocenters. The Hall–Kier alpha value is -1.06. The molecule has 4 nitrogen and oxygen atoms in total. The average molecular weight is 156 g/mol. The number of aliphatic hydroxyl groups is 1. The SMILES string of the molecule is CC1C(=O)N(C)N=C(O)C1C. The molecule has 4 heteroatoms. The van der Waals surface area contributed by atoms with Crippen LogP contribution in [0.1, 0.15) is 13.8 Å². The number of hydrogen-bond acceptors (Lipinski definition) is 2. The Balaban J connectivity index is 2.92. The van der Waals surface area contributed by atoms with Gasteiger partial charge in [0.25, 0.3) is 0 Å². The van der Waals surface area contributed by atoms with E-state index < -0.39 is 0 Å². The molecule has 1 aliphatic heterocycles. The van der Waals surface area contributed by atoms with Crippen molar-refractivity contribution in [2.75, 3.05) is 7.05 Å². The number of hydrazone groups is 1. The monoisotopic (exact) mass is 156 g/mol. The zero-order valence-corrected chi connectivity index (χ0v) is 6.90. The molecule has 62 valence electrons. The number of hydrogen-bond donors (Lipinski definition) is 1. The van der Waals surface area contributed by atoms with E-state index in [0.717, 1.165) is 0 Å². The molecule has 0 bridgehead atoms. The van der Waals surface area contributed by atoms with E-state index in [2.05, 4.69) is 5.10 Å². The van der Waals surface area contributed by atoms with E-state index in [9.17, 15) is 9.90 Å². The van der Waals surface area contributed by atoms with E-state index in [0.29, 0.717) is 0 Å². The van der Waals surface area contributed by atoms with Crippen LogP contribution in [0, 0.1) is 11.8 Å². The summed E-state index contributed by atoms with van der Waals surface area (Å²) in [7, 11) is 1.54. The lowest BCUT2D eigenvalue weighted by atomic mass is 9.94. The van der Waals surface area contributed by atoms with Crippen molar-refractivity contribution < 1.29 is 9.90 Å². The van der Waals surface area contributed by atoms with E-state index >= 15 is 0 Å². The Morgan fingerprint density at radius 1 is 1.45 bits per heavy atom. The number of rotatable bonds is 0. The van der Waals surface area contributed by atoms with Gasteiger partial charge in [0.15, 0.2) is 0 Å². The Morgan fingerprint density at radius 3 is 2.55 bits per heavy atom. The summed E-state index contributed by atoms with van der Waals surface area (Å²) in [6, 6.07) is 0. The van der Waals surface area contributed by atoms with Crippen molar-refractivity contribution in [1.29, 1.82) is 0 Å². The minimum atomic E-state index is -0.169. The van der Waals surface area contributed by atoms with Crippen molar-refractivity contribution in [2.24, 2.45) is 16.9 Å². The molecule has 0 radical (unpaired) electrons. The van der Waals surface area contributed by atoms with Crippen LogP contribution in [0.3, 0.4) is 0 Å². The number of nitrogens with zero attached hydrogens (tertiary/aromatic N) is 2. The second-order valence-electron chi connectivity index (χ2n) is 2.90. The highest BCUT2D eigenvalue weighted by Crippen LogP contribution is 2.19. The lowest BCUT2D eigenvalue weighted by Crippen LogP contribution is -2.40. The summed E-state index contributed by atoms with van der Waals surface area (Å²) in [5.74, 6) is -0.328. The van der Waals surface area contributed by atoms with Gasteiger partial charge in [-0.05, 0) is 0 Å². The van der Waals surface area contributed by atoms with Crippen LogP contribution in [-0.4, -0.2) is 29.0 Å². The van der Waals surface area contributed by atoms with E-state index in [4.69, 9.17) is 0 Å². The lowest BCUT2D eigenvalue weighted by molar-refractivity contribution is -0.135. The van der Waals surface area contributed by atoms with Crippen LogP contribution in [0.15, 0.2) is 5.10 Å². The number of aliphatic hydroxyl groups excluding tert-OH is 1. The molecule has 0 spiro atoms. The van der Waals surface area contributed by atoms with Gasteiger partial charge in [0.05, 0.1) is 0 Å². The van der Waals surface area contributed by atoms with Crippen molar-refractivity contribution in [3.05, 3.63) is 0 Å². The molecule has 0 aromatic carbocycles. The van der Waals surface area contributed by atoms with Gasteiger partial charge in [-0.1, -0.05) is 13.8 Å². The third-order valence-electron chi connectivity index (χ3n) is 2.12. The number of carbonyl (C=O) groups excluding carboxylic acids is 1. The maximum atomic E-state index is 11.2. The zero-order chi connectivity index (χ0) is 8.59. The second kappa shape index (κ2) is 2.53. The molecule has 1 rings (SSSR count). The van der Waals surface area contributed by atoms with Crippen molar-refractivity contribution in [3.63, 3.8) is 0 Å². The van der Waals surface area contributed by atoms with E-state index in [-0.39, 0.29) is 23.6 Å². The number of amides is 1. The van der Waals surface area contributed by atoms with Gasteiger partial charge >= 0.3 is 0 Å². The average Bonchev–Trinajstić information content (AvgIpc) is 1.97. The molecule has 2 unspecified atom stereocenters. The van der Waals surface area contributed by atoms with E-state index in [1.165, 1.54) is 5.01 Å². The van der Waals surface area contributed by atoms with Crippen molar-refractivity contribution in [1.82, 2.24) is 5.01 Å². The third kappa shape index (κ3) is 1.20. The summed E-state index contributed by atoms with van der Waals surface area (Å²) in [6.45, 7) is 3.57. The van der Waals surface area contributed by atoms with Crippen LogP contribution >= 0.6 is 0 Å². The van der Waals surface area contributed by atoms with E-state index in [1.807, 2.05) is 0 Å². The molecular weight excluding hydrogens is 144 g/mol. The van der Waals surface area contributed by atoms with Crippen molar-refractivity contribution in [2.45, 2.75) is 13.8 Å². The molecule has 1 heterocycles. The molecule has 0 saturated carbocycles. The van der Waals surface area contributed by atoms with Gasteiger partial charge in [-0.3, -0.25) is 4.79 Å². The fraction of sp³-hybridized carbons (Fsp3) is 0.714. The first kappa shape index (κ1) is 8.04. The minimum Gasteiger partial charge on any atom is -0.495 e. The standard InChI is InChI=1S/C7H12N2O2/c1-4-5(2)7(11)9(3)8-6(4)10/h4-5H,1-3H3,(H,8,10). The summed E-state index contributed by atoms with van der Waals surface area (Å²) in [6.07, 6.45) is 0. The third-order valence-corrected chi connectivity index (χ3v) is 2.12. The van der Waals surface area contributed by atoms with Gasteiger partial charge in [-0.2, -0.15) is 0 Å². The molecule has 0 saturated heterocycles. The normalized spacial score (nSPS) is 32.1. The van der Waals surface area contributed by atoms with Crippen LogP contribution in [0.25, 0.3) is 0 Å². The van der Waals surface area contributed by atoms with Gasteiger partial charge in [0.2, 0.25) is 11.8 Å². The molecule has 1 amide bonds. The van der Waals surface area contributed by atoms with Gasteiger partial charge in [0, 0.05) is 18.9 Å². The fourth-order valence-corrected chi connectivity index (χ4v) is 1.03. The lowest BCUT2D eigenvalue weighted by Gasteiger charge is -2.26. The van der Waals surface area contributed by atoms with Gasteiger partial charge in [-0.15, -0.1) is 5.10 Å². The van der Waals surface area contributed by atoms with Crippen LogP contribution in [-0.2, 0) is 4.79 Å². The van der Waals surface area contributed by atoms with Crippen LogP contribution in [0.5, 0.6) is 0 Å². The summed E-state index contributed by atoms with van der Waals surface area (Å²) in [5.41, 5.74) is 0. The number of carbonyl (C=O) groups is 1. The van der Waals surface area contributed by atoms with E-state index in [1.54, 1.807) is 20.9 Å². The highest BCUT2D eigenvalue weighted by atomic mass is 16.3. The van der Waals surface area contributed by atoms with Crippen LogP contribution in [0.2, 0.25) is 0 Å².